The van der Waals surface area contributed by atoms with E-state index < -0.39 is 48.2 Å². The predicted molar refractivity (Wildman–Crippen MR) is 146 cm³/mol. The van der Waals surface area contributed by atoms with Gasteiger partial charge in [-0.2, -0.15) is 0 Å². The SMILES string of the molecule is CCc1ccc(C(C(=O)Nc2c(C)cccc2Cl)N(C(=O)C(CO)NC(=O)OC(C)(C)C)C(C)C)cc1. The van der Waals surface area contributed by atoms with Gasteiger partial charge in [-0.1, -0.05) is 54.9 Å². The first-order valence-electron chi connectivity index (χ1n) is 12.4. The molecule has 9 heteroatoms. The lowest BCUT2D eigenvalue weighted by Crippen LogP contribution is -2.55. The molecule has 0 radical (unpaired) electrons. The Labute approximate surface area is 224 Å². The standard InChI is InChI=1S/C28H38ClN3O5/c1-8-19-12-14-20(15-13-19)24(25(34)31-23-18(4)10-9-11-21(23)29)32(17(2)3)26(35)22(16-33)30-27(36)37-28(5,6)7/h9-15,17,22,24,33H,8,16H2,1-7H3,(H,30,36)(H,31,34). The van der Waals surface area contributed by atoms with Crippen molar-refractivity contribution in [3.63, 3.8) is 0 Å². The van der Waals surface area contributed by atoms with Crippen LogP contribution in [0.25, 0.3) is 0 Å². The molecule has 0 fully saturated rings. The van der Waals surface area contributed by atoms with Gasteiger partial charge < -0.3 is 25.4 Å². The average Bonchev–Trinajstić information content (AvgIpc) is 2.81. The van der Waals surface area contributed by atoms with Crippen LogP contribution in [0.1, 0.15) is 64.3 Å². The minimum absolute atomic E-state index is 0.371. The van der Waals surface area contributed by atoms with Gasteiger partial charge in [0.2, 0.25) is 5.91 Å². The molecule has 2 aromatic rings. The number of halogens is 1. The molecule has 2 atom stereocenters. The molecule has 2 aromatic carbocycles. The molecule has 0 heterocycles. The first kappa shape index (κ1) is 30.1. The Kier molecular flexibility index (Phi) is 10.5. The molecule has 0 saturated carbocycles. The van der Waals surface area contributed by atoms with Crippen molar-refractivity contribution in [2.24, 2.45) is 0 Å². The number of nitrogens with one attached hydrogen (secondary N) is 2. The van der Waals surface area contributed by atoms with E-state index in [0.717, 1.165) is 17.5 Å². The number of hydrogen-bond acceptors (Lipinski definition) is 5. The van der Waals surface area contributed by atoms with Crippen molar-refractivity contribution >= 4 is 35.2 Å². The van der Waals surface area contributed by atoms with Gasteiger partial charge in [0.15, 0.2) is 0 Å². The highest BCUT2D eigenvalue weighted by Crippen LogP contribution is 2.30. The number of amides is 3. The number of hydrogen-bond donors (Lipinski definition) is 3. The zero-order valence-electron chi connectivity index (χ0n) is 22.6. The maximum atomic E-state index is 13.8. The lowest BCUT2D eigenvalue weighted by molar-refractivity contribution is -0.143. The van der Waals surface area contributed by atoms with E-state index in [1.165, 1.54) is 4.90 Å². The number of aliphatic hydroxyl groups excluding tert-OH is 1. The third kappa shape index (κ3) is 8.20. The van der Waals surface area contributed by atoms with Crippen molar-refractivity contribution in [3.05, 3.63) is 64.2 Å². The van der Waals surface area contributed by atoms with Crippen LogP contribution in [0.15, 0.2) is 42.5 Å². The van der Waals surface area contributed by atoms with Gasteiger partial charge in [-0.25, -0.2) is 4.79 Å². The van der Waals surface area contributed by atoms with E-state index in [0.29, 0.717) is 16.3 Å². The average molecular weight is 532 g/mol. The van der Waals surface area contributed by atoms with Gasteiger partial charge in [-0.3, -0.25) is 9.59 Å². The molecule has 3 N–H and O–H groups in total. The summed E-state index contributed by atoms with van der Waals surface area (Å²) in [4.78, 5) is 41.3. The molecule has 0 bridgehead atoms. The van der Waals surface area contributed by atoms with E-state index >= 15 is 0 Å². The van der Waals surface area contributed by atoms with Crippen LogP contribution in [0.5, 0.6) is 0 Å². The number of aliphatic hydroxyl groups is 1. The zero-order valence-corrected chi connectivity index (χ0v) is 23.3. The number of benzene rings is 2. The van der Waals surface area contributed by atoms with Crippen molar-refractivity contribution in [1.82, 2.24) is 10.2 Å². The quantitative estimate of drug-likeness (QED) is 0.421. The molecule has 202 valence electrons. The molecule has 3 amide bonds. The summed E-state index contributed by atoms with van der Waals surface area (Å²) in [7, 11) is 0. The number of anilines is 1. The highest BCUT2D eigenvalue weighted by atomic mass is 35.5. The van der Waals surface area contributed by atoms with Crippen LogP contribution in [-0.2, 0) is 20.7 Å². The predicted octanol–water partition coefficient (Wildman–Crippen LogP) is 5.01. The van der Waals surface area contributed by atoms with Crippen molar-refractivity contribution in [3.8, 4) is 0 Å². The monoisotopic (exact) mass is 531 g/mol. The minimum Gasteiger partial charge on any atom is -0.444 e. The number of nitrogens with zero attached hydrogens (tertiary/aromatic N) is 1. The molecule has 0 saturated heterocycles. The molecule has 0 aliphatic rings. The Morgan fingerprint density at radius 1 is 1.08 bits per heavy atom. The third-order valence-corrected chi connectivity index (χ3v) is 6.00. The summed E-state index contributed by atoms with van der Waals surface area (Å²) in [6.45, 7) is 11.8. The van der Waals surface area contributed by atoms with Crippen molar-refractivity contribution in [2.75, 3.05) is 11.9 Å². The summed E-state index contributed by atoms with van der Waals surface area (Å²) >= 11 is 6.36. The second kappa shape index (κ2) is 12.9. The molecule has 8 nitrogen and oxygen atoms in total. The number of carbonyl (C=O) groups is 3. The lowest BCUT2D eigenvalue weighted by Gasteiger charge is -2.37. The fourth-order valence-electron chi connectivity index (χ4n) is 3.85. The summed E-state index contributed by atoms with van der Waals surface area (Å²) in [6, 6.07) is 9.86. The van der Waals surface area contributed by atoms with Crippen molar-refractivity contribution < 1.29 is 24.2 Å². The van der Waals surface area contributed by atoms with Crippen LogP contribution in [-0.4, -0.2) is 52.2 Å². The molecular formula is C28H38ClN3O5. The van der Waals surface area contributed by atoms with E-state index in [-0.39, 0.29) is 0 Å². The first-order chi connectivity index (χ1) is 17.3. The Morgan fingerprint density at radius 3 is 2.19 bits per heavy atom. The summed E-state index contributed by atoms with van der Waals surface area (Å²) < 4.78 is 5.26. The van der Waals surface area contributed by atoms with Gasteiger partial charge in [0.25, 0.3) is 5.91 Å². The first-order valence-corrected chi connectivity index (χ1v) is 12.7. The van der Waals surface area contributed by atoms with Gasteiger partial charge in [-0.05, 0) is 70.7 Å². The smallest absolute Gasteiger partial charge is 0.408 e. The molecular weight excluding hydrogens is 494 g/mol. The second-order valence-electron chi connectivity index (χ2n) is 10.1. The highest BCUT2D eigenvalue weighted by Gasteiger charge is 2.38. The van der Waals surface area contributed by atoms with Crippen LogP contribution in [0.4, 0.5) is 10.5 Å². The van der Waals surface area contributed by atoms with Gasteiger partial charge in [0.05, 0.1) is 17.3 Å². The molecule has 0 spiro atoms. The number of carbonyl (C=O) groups excluding carboxylic acids is 3. The fraction of sp³-hybridized carbons (Fsp3) is 0.464. The summed E-state index contributed by atoms with van der Waals surface area (Å²) in [5.74, 6) is -1.10. The summed E-state index contributed by atoms with van der Waals surface area (Å²) in [5.41, 5.74) is 2.08. The van der Waals surface area contributed by atoms with Crippen LogP contribution in [0.3, 0.4) is 0 Å². The number of rotatable bonds is 9. The van der Waals surface area contributed by atoms with Crippen molar-refractivity contribution in [2.45, 2.75) is 78.6 Å². The summed E-state index contributed by atoms with van der Waals surface area (Å²) in [6.07, 6.45) is -0.0292. The number of alkyl carbamates (subject to hydrolysis) is 1. The highest BCUT2D eigenvalue weighted by molar-refractivity contribution is 6.34. The van der Waals surface area contributed by atoms with Crippen molar-refractivity contribution in [1.29, 1.82) is 0 Å². The fourth-order valence-corrected chi connectivity index (χ4v) is 4.12. The van der Waals surface area contributed by atoms with E-state index in [1.54, 1.807) is 58.9 Å². The normalized spacial score (nSPS) is 13.0. The van der Waals surface area contributed by atoms with Crippen LogP contribution in [0.2, 0.25) is 5.02 Å². The van der Waals surface area contributed by atoms with E-state index in [9.17, 15) is 19.5 Å². The Hall–Kier alpha value is -3.10. The molecule has 0 aromatic heterocycles. The molecule has 0 aliphatic carbocycles. The van der Waals surface area contributed by atoms with Gasteiger partial charge in [-0.15, -0.1) is 0 Å². The molecule has 37 heavy (non-hydrogen) atoms. The second-order valence-corrected chi connectivity index (χ2v) is 10.5. The van der Waals surface area contributed by atoms with Gasteiger partial charge in [0, 0.05) is 6.04 Å². The molecule has 2 rings (SSSR count). The van der Waals surface area contributed by atoms with E-state index in [2.05, 4.69) is 10.6 Å². The maximum Gasteiger partial charge on any atom is 0.408 e. The topological polar surface area (TPSA) is 108 Å². The van der Waals surface area contributed by atoms with Crippen LogP contribution in [0, 0.1) is 6.92 Å². The zero-order chi connectivity index (χ0) is 27.9. The van der Waals surface area contributed by atoms with Gasteiger partial charge in [0.1, 0.15) is 17.7 Å². The van der Waals surface area contributed by atoms with E-state index in [4.69, 9.17) is 16.3 Å². The number of aryl methyl sites for hydroxylation is 2. The van der Waals surface area contributed by atoms with E-state index in [1.807, 2.05) is 32.0 Å². The molecule has 2 unspecified atom stereocenters. The lowest BCUT2D eigenvalue weighted by atomic mass is 9.99. The van der Waals surface area contributed by atoms with Crippen LogP contribution >= 0.6 is 11.6 Å². The Balaban J connectivity index is 2.51. The largest absolute Gasteiger partial charge is 0.444 e. The Bertz CT molecular complexity index is 1080. The molecule has 0 aliphatic heterocycles. The third-order valence-electron chi connectivity index (χ3n) is 5.68. The van der Waals surface area contributed by atoms with Crippen LogP contribution < -0.4 is 10.6 Å². The number of ether oxygens (including phenoxy) is 1. The number of para-hydroxylation sites is 1. The van der Waals surface area contributed by atoms with Gasteiger partial charge >= 0.3 is 6.09 Å². The Morgan fingerprint density at radius 2 is 1.70 bits per heavy atom. The minimum atomic E-state index is -1.32. The summed E-state index contributed by atoms with van der Waals surface area (Å²) in [5, 5.41) is 15.7. The maximum absolute atomic E-state index is 13.8.